The third kappa shape index (κ3) is 4.11. The lowest BCUT2D eigenvalue weighted by molar-refractivity contribution is 0.0793. The average Bonchev–Trinajstić information content (AvgIpc) is 3.41. The van der Waals surface area contributed by atoms with Crippen molar-refractivity contribution >= 4 is 23.1 Å². The van der Waals surface area contributed by atoms with Gasteiger partial charge in [-0.05, 0) is 31.0 Å². The number of pyridine rings is 1. The van der Waals surface area contributed by atoms with Crippen molar-refractivity contribution in [2.45, 2.75) is 19.3 Å². The van der Waals surface area contributed by atoms with Crippen LogP contribution in [-0.2, 0) is 6.42 Å². The second-order valence-corrected chi connectivity index (χ2v) is 7.15. The van der Waals surface area contributed by atoms with Crippen LogP contribution >= 0.6 is 11.3 Å². The van der Waals surface area contributed by atoms with E-state index in [1.165, 1.54) is 11.3 Å². The van der Waals surface area contributed by atoms with Crippen LogP contribution in [0, 0.1) is 0 Å². The fourth-order valence-corrected chi connectivity index (χ4v) is 3.85. The van der Waals surface area contributed by atoms with Crippen LogP contribution in [0.4, 0.5) is 5.82 Å². The normalized spacial score (nSPS) is 13.7. The third-order valence-electron chi connectivity index (χ3n) is 4.41. The van der Waals surface area contributed by atoms with E-state index in [9.17, 15) is 4.79 Å². The zero-order chi connectivity index (χ0) is 18.5. The van der Waals surface area contributed by atoms with Gasteiger partial charge in [-0.2, -0.15) is 0 Å². The molecule has 0 unspecified atom stereocenters. The number of aromatic nitrogens is 4. The van der Waals surface area contributed by atoms with E-state index in [1.54, 1.807) is 30.7 Å². The Morgan fingerprint density at radius 2 is 1.89 bits per heavy atom. The molecule has 0 atom stereocenters. The first-order valence-corrected chi connectivity index (χ1v) is 9.89. The van der Waals surface area contributed by atoms with Crippen molar-refractivity contribution in [3.63, 3.8) is 0 Å². The Labute approximate surface area is 161 Å². The van der Waals surface area contributed by atoms with Gasteiger partial charge in [0.25, 0.3) is 5.91 Å². The van der Waals surface area contributed by atoms with Crippen LogP contribution in [0.1, 0.15) is 28.9 Å². The predicted octanol–water partition coefficient (Wildman–Crippen LogP) is 2.89. The van der Waals surface area contributed by atoms with E-state index in [-0.39, 0.29) is 5.91 Å². The molecule has 0 spiro atoms. The van der Waals surface area contributed by atoms with E-state index in [0.717, 1.165) is 43.1 Å². The molecule has 138 valence electrons. The second kappa shape index (κ2) is 8.22. The Morgan fingerprint density at radius 3 is 2.70 bits per heavy atom. The van der Waals surface area contributed by atoms with Crippen molar-refractivity contribution in [3.8, 4) is 10.8 Å². The van der Waals surface area contributed by atoms with Crippen molar-refractivity contribution in [2.75, 3.05) is 25.0 Å². The lowest BCUT2D eigenvalue weighted by Crippen LogP contribution is -2.28. The van der Waals surface area contributed by atoms with Gasteiger partial charge in [0.05, 0.1) is 11.3 Å². The third-order valence-corrected chi connectivity index (χ3v) is 5.30. The molecule has 3 aromatic rings. The van der Waals surface area contributed by atoms with Crippen LogP contribution < -0.4 is 5.32 Å². The zero-order valence-corrected chi connectivity index (χ0v) is 15.7. The van der Waals surface area contributed by atoms with E-state index in [4.69, 9.17) is 0 Å². The number of amides is 1. The highest BCUT2D eigenvalue weighted by Crippen LogP contribution is 2.21. The summed E-state index contributed by atoms with van der Waals surface area (Å²) in [6.45, 7) is 2.31. The van der Waals surface area contributed by atoms with Crippen molar-refractivity contribution in [1.29, 1.82) is 0 Å². The summed E-state index contributed by atoms with van der Waals surface area (Å²) in [6.07, 6.45) is 8.02. The molecular formula is C19H20N6OS. The minimum absolute atomic E-state index is 0.0558. The summed E-state index contributed by atoms with van der Waals surface area (Å²) in [5.74, 6) is 1.33. The number of carbonyl (C=O) groups excluding carboxylic acids is 1. The molecule has 27 heavy (non-hydrogen) atoms. The maximum Gasteiger partial charge on any atom is 0.257 e. The Kier molecular flexibility index (Phi) is 5.34. The number of hydrogen-bond donors (Lipinski definition) is 1. The molecular weight excluding hydrogens is 360 g/mol. The summed E-state index contributed by atoms with van der Waals surface area (Å²) in [5.41, 5.74) is 1.61. The van der Waals surface area contributed by atoms with Gasteiger partial charge < -0.3 is 10.2 Å². The van der Waals surface area contributed by atoms with E-state index < -0.39 is 0 Å². The molecule has 4 rings (SSSR count). The molecule has 3 aromatic heterocycles. The van der Waals surface area contributed by atoms with Crippen molar-refractivity contribution in [1.82, 2.24) is 24.8 Å². The van der Waals surface area contributed by atoms with E-state index in [2.05, 4.69) is 25.3 Å². The monoisotopic (exact) mass is 380 g/mol. The minimum atomic E-state index is 0.0558. The highest BCUT2D eigenvalue weighted by atomic mass is 32.1. The first-order chi connectivity index (χ1) is 13.3. The number of carbonyl (C=O) groups is 1. The van der Waals surface area contributed by atoms with Gasteiger partial charge in [0.1, 0.15) is 5.82 Å². The molecule has 4 heterocycles. The maximum absolute atomic E-state index is 12.7. The summed E-state index contributed by atoms with van der Waals surface area (Å²) in [5, 5.41) is 6.12. The van der Waals surface area contributed by atoms with Gasteiger partial charge >= 0.3 is 0 Å². The first kappa shape index (κ1) is 17.5. The lowest BCUT2D eigenvalue weighted by Gasteiger charge is -2.17. The standard InChI is InChI=1S/C19H20N6OS/c26-19(25-11-1-2-12-25)15-5-3-7-20-16(15)23-10-6-14-13-27-18(24-14)17-21-8-4-9-22-17/h3-5,7-9,13H,1-2,6,10-12H2,(H,20,23). The average molecular weight is 380 g/mol. The molecule has 0 aliphatic carbocycles. The maximum atomic E-state index is 12.7. The van der Waals surface area contributed by atoms with E-state index in [1.807, 2.05) is 16.3 Å². The highest BCUT2D eigenvalue weighted by molar-refractivity contribution is 7.13. The van der Waals surface area contributed by atoms with Crippen molar-refractivity contribution in [3.05, 3.63) is 53.4 Å². The second-order valence-electron chi connectivity index (χ2n) is 6.29. The molecule has 0 bridgehead atoms. The quantitative estimate of drug-likeness (QED) is 0.708. The molecule has 0 aromatic carbocycles. The molecule has 0 saturated carbocycles. The van der Waals surface area contributed by atoms with E-state index in [0.29, 0.717) is 23.8 Å². The summed E-state index contributed by atoms with van der Waals surface area (Å²) in [6, 6.07) is 5.43. The van der Waals surface area contributed by atoms with Crippen molar-refractivity contribution < 1.29 is 4.79 Å². The van der Waals surface area contributed by atoms with Gasteiger partial charge in [0.15, 0.2) is 10.8 Å². The topological polar surface area (TPSA) is 83.9 Å². The van der Waals surface area contributed by atoms with Crippen LogP contribution in [0.5, 0.6) is 0 Å². The van der Waals surface area contributed by atoms with Crippen LogP contribution in [0.25, 0.3) is 10.8 Å². The summed E-state index contributed by atoms with van der Waals surface area (Å²) in [7, 11) is 0. The molecule has 1 fully saturated rings. The van der Waals surface area contributed by atoms with Crippen molar-refractivity contribution in [2.24, 2.45) is 0 Å². The molecule has 1 saturated heterocycles. The van der Waals surface area contributed by atoms with Gasteiger partial charge in [-0.15, -0.1) is 11.3 Å². The smallest absolute Gasteiger partial charge is 0.257 e. The zero-order valence-electron chi connectivity index (χ0n) is 14.8. The number of anilines is 1. The molecule has 1 aliphatic rings. The highest BCUT2D eigenvalue weighted by Gasteiger charge is 2.22. The fraction of sp³-hybridized carbons (Fsp3) is 0.316. The van der Waals surface area contributed by atoms with Crippen LogP contribution in [0.2, 0.25) is 0 Å². The van der Waals surface area contributed by atoms with Gasteiger partial charge in [-0.1, -0.05) is 0 Å². The minimum Gasteiger partial charge on any atom is -0.369 e. The number of hydrogen-bond acceptors (Lipinski definition) is 7. The fourth-order valence-electron chi connectivity index (χ4n) is 3.05. The molecule has 7 nitrogen and oxygen atoms in total. The van der Waals surface area contributed by atoms with Crippen LogP contribution in [-0.4, -0.2) is 50.4 Å². The number of thiazole rings is 1. The Balaban J connectivity index is 1.38. The summed E-state index contributed by atoms with van der Waals surface area (Å²) >= 11 is 1.53. The van der Waals surface area contributed by atoms with Gasteiger partial charge in [-0.3, -0.25) is 4.79 Å². The van der Waals surface area contributed by atoms with Gasteiger partial charge in [0.2, 0.25) is 0 Å². The SMILES string of the molecule is O=C(c1cccnc1NCCc1csc(-c2ncccn2)n1)N1CCCC1. The van der Waals surface area contributed by atoms with Gasteiger partial charge in [-0.25, -0.2) is 19.9 Å². The molecule has 1 amide bonds. The summed E-state index contributed by atoms with van der Waals surface area (Å²) < 4.78 is 0. The Hall–Kier alpha value is -2.87. The Bertz CT molecular complexity index is 907. The van der Waals surface area contributed by atoms with Gasteiger partial charge in [0, 0.05) is 50.0 Å². The van der Waals surface area contributed by atoms with Crippen LogP contribution in [0.15, 0.2) is 42.2 Å². The molecule has 1 aliphatic heterocycles. The largest absolute Gasteiger partial charge is 0.369 e. The Morgan fingerprint density at radius 1 is 1.11 bits per heavy atom. The number of nitrogens with one attached hydrogen (secondary N) is 1. The number of nitrogens with zero attached hydrogens (tertiary/aromatic N) is 5. The first-order valence-electron chi connectivity index (χ1n) is 9.01. The van der Waals surface area contributed by atoms with E-state index >= 15 is 0 Å². The number of likely N-dealkylation sites (tertiary alicyclic amines) is 1. The number of rotatable bonds is 6. The lowest BCUT2D eigenvalue weighted by atomic mass is 10.2. The molecule has 1 N–H and O–H groups in total. The van der Waals surface area contributed by atoms with Crippen LogP contribution in [0.3, 0.4) is 0 Å². The summed E-state index contributed by atoms with van der Waals surface area (Å²) in [4.78, 5) is 32.0. The molecule has 8 heteroatoms. The molecule has 0 radical (unpaired) electrons. The predicted molar refractivity (Wildman–Crippen MR) is 105 cm³/mol.